The van der Waals surface area contributed by atoms with E-state index in [-0.39, 0.29) is 24.6 Å². The van der Waals surface area contributed by atoms with Gasteiger partial charge in [-0.1, -0.05) is 11.6 Å². The van der Waals surface area contributed by atoms with Crippen LogP contribution < -0.4 is 15.8 Å². The van der Waals surface area contributed by atoms with Crippen LogP contribution >= 0.6 is 11.6 Å². The third-order valence-electron chi connectivity index (χ3n) is 2.37. The van der Waals surface area contributed by atoms with Crippen LogP contribution in [-0.2, 0) is 11.2 Å². The molecular formula is C14H21ClN2O2. The Morgan fingerprint density at radius 1 is 1.42 bits per heavy atom. The zero-order valence-corrected chi connectivity index (χ0v) is 12.3. The summed E-state index contributed by atoms with van der Waals surface area (Å²) in [4.78, 5) is 11.5. The zero-order valence-electron chi connectivity index (χ0n) is 11.6. The van der Waals surface area contributed by atoms with Gasteiger partial charge in [0.1, 0.15) is 5.75 Å². The molecule has 0 saturated heterocycles. The van der Waals surface area contributed by atoms with E-state index >= 15 is 0 Å². The Morgan fingerprint density at radius 2 is 2.11 bits per heavy atom. The minimum absolute atomic E-state index is 0.00491. The fraction of sp³-hybridized carbons (Fsp3) is 0.500. The van der Waals surface area contributed by atoms with Crippen molar-refractivity contribution in [1.29, 1.82) is 0 Å². The Kier molecular flexibility index (Phi) is 6.12. The van der Waals surface area contributed by atoms with Gasteiger partial charge in [0, 0.05) is 17.1 Å². The van der Waals surface area contributed by atoms with Crippen molar-refractivity contribution in [1.82, 2.24) is 5.32 Å². The summed E-state index contributed by atoms with van der Waals surface area (Å²) >= 11 is 5.96. The van der Waals surface area contributed by atoms with E-state index in [1.807, 2.05) is 26.8 Å². The van der Waals surface area contributed by atoms with Crippen molar-refractivity contribution in [2.75, 3.05) is 6.61 Å². The molecule has 0 aromatic heterocycles. The first-order valence-corrected chi connectivity index (χ1v) is 6.72. The predicted octanol–water partition coefficient (Wildman–Crippen LogP) is 2.13. The number of amides is 1. The molecule has 1 rings (SSSR count). The van der Waals surface area contributed by atoms with E-state index in [1.165, 1.54) is 0 Å². The standard InChI is InChI=1S/C14H21ClN2O2/c1-9(2)17-14(18)8-19-13-5-4-12(15)7-11(13)6-10(3)16/h4-5,7,9-10H,6,8,16H2,1-3H3,(H,17,18). The highest BCUT2D eigenvalue weighted by atomic mass is 35.5. The first-order chi connectivity index (χ1) is 8.88. The molecule has 3 N–H and O–H groups in total. The quantitative estimate of drug-likeness (QED) is 0.841. The number of ether oxygens (including phenoxy) is 1. The summed E-state index contributed by atoms with van der Waals surface area (Å²) in [6.45, 7) is 5.71. The number of hydrogen-bond acceptors (Lipinski definition) is 3. The summed E-state index contributed by atoms with van der Waals surface area (Å²) in [6.07, 6.45) is 0.654. The van der Waals surface area contributed by atoms with E-state index in [0.717, 1.165) is 5.56 Å². The fourth-order valence-corrected chi connectivity index (χ4v) is 1.90. The second-order valence-electron chi connectivity index (χ2n) is 4.94. The molecule has 0 aliphatic rings. The Hall–Kier alpha value is -1.26. The van der Waals surface area contributed by atoms with Gasteiger partial charge >= 0.3 is 0 Å². The van der Waals surface area contributed by atoms with Crippen molar-refractivity contribution in [3.8, 4) is 5.75 Å². The summed E-state index contributed by atoms with van der Waals surface area (Å²) < 4.78 is 5.53. The number of benzene rings is 1. The van der Waals surface area contributed by atoms with E-state index in [9.17, 15) is 4.79 Å². The number of nitrogens with one attached hydrogen (secondary N) is 1. The lowest BCUT2D eigenvalue weighted by Gasteiger charge is -2.14. The minimum Gasteiger partial charge on any atom is -0.483 e. The summed E-state index contributed by atoms with van der Waals surface area (Å²) in [5, 5.41) is 3.40. The van der Waals surface area contributed by atoms with Gasteiger partial charge in [0.25, 0.3) is 5.91 Å². The second kappa shape index (κ2) is 7.36. The molecule has 0 heterocycles. The molecule has 0 fully saturated rings. The van der Waals surface area contributed by atoms with Gasteiger partial charge in [0.2, 0.25) is 0 Å². The van der Waals surface area contributed by atoms with Gasteiger partial charge in [-0.2, -0.15) is 0 Å². The first-order valence-electron chi connectivity index (χ1n) is 6.34. The molecule has 0 radical (unpaired) electrons. The maximum atomic E-state index is 11.5. The highest BCUT2D eigenvalue weighted by Crippen LogP contribution is 2.24. The molecule has 1 aromatic rings. The van der Waals surface area contributed by atoms with Crippen LogP contribution in [0.2, 0.25) is 5.02 Å². The largest absolute Gasteiger partial charge is 0.483 e. The second-order valence-corrected chi connectivity index (χ2v) is 5.38. The molecule has 1 aromatic carbocycles. The van der Waals surface area contributed by atoms with E-state index in [2.05, 4.69) is 5.32 Å². The first kappa shape index (κ1) is 15.8. The van der Waals surface area contributed by atoms with Crippen molar-refractivity contribution in [3.05, 3.63) is 28.8 Å². The summed E-state index contributed by atoms with van der Waals surface area (Å²) in [7, 11) is 0. The van der Waals surface area contributed by atoms with E-state index in [1.54, 1.807) is 12.1 Å². The van der Waals surface area contributed by atoms with Gasteiger partial charge in [-0.15, -0.1) is 0 Å². The number of rotatable bonds is 6. The average Bonchev–Trinajstić information content (AvgIpc) is 2.26. The van der Waals surface area contributed by atoms with Crippen LogP contribution in [0.4, 0.5) is 0 Å². The number of nitrogens with two attached hydrogens (primary N) is 1. The molecule has 0 bridgehead atoms. The summed E-state index contributed by atoms with van der Waals surface area (Å²) in [5.74, 6) is 0.511. The van der Waals surface area contributed by atoms with E-state index in [0.29, 0.717) is 17.2 Å². The van der Waals surface area contributed by atoms with Crippen molar-refractivity contribution in [2.24, 2.45) is 5.73 Å². The van der Waals surface area contributed by atoms with Gasteiger partial charge in [-0.25, -0.2) is 0 Å². The third kappa shape index (κ3) is 5.94. The Balaban J connectivity index is 2.69. The highest BCUT2D eigenvalue weighted by Gasteiger charge is 2.10. The van der Waals surface area contributed by atoms with Crippen LogP contribution in [0.1, 0.15) is 26.3 Å². The molecule has 19 heavy (non-hydrogen) atoms. The molecule has 0 saturated carbocycles. The highest BCUT2D eigenvalue weighted by molar-refractivity contribution is 6.30. The summed E-state index contributed by atoms with van der Waals surface area (Å²) in [6, 6.07) is 5.43. The fourth-order valence-electron chi connectivity index (χ4n) is 1.70. The number of carbonyl (C=O) groups excluding carboxylic acids is 1. The molecule has 4 nitrogen and oxygen atoms in total. The van der Waals surface area contributed by atoms with E-state index in [4.69, 9.17) is 22.1 Å². The van der Waals surface area contributed by atoms with Gasteiger partial charge in [0.15, 0.2) is 6.61 Å². The SMILES string of the molecule is CC(N)Cc1cc(Cl)ccc1OCC(=O)NC(C)C. The van der Waals surface area contributed by atoms with Crippen LogP contribution in [0.5, 0.6) is 5.75 Å². The number of carbonyl (C=O) groups is 1. The minimum atomic E-state index is -0.142. The van der Waals surface area contributed by atoms with Gasteiger partial charge in [-0.3, -0.25) is 4.79 Å². The van der Waals surface area contributed by atoms with Crippen LogP contribution in [0.25, 0.3) is 0 Å². The Morgan fingerprint density at radius 3 is 2.68 bits per heavy atom. The molecule has 1 unspecified atom stereocenters. The van der Waals surface area contributed by atoms with E-state index < -0.39 is 0 Å². The normalized spacial score (nSPS) is 12.3. The molecule has 0 aliphatic heterocycles. The van der Waals surface area contributed by atoms with Gasteiger partial charge < -0.3 is 15.8 Å². The lowest BCUT2D eigenvalue weighted by atomic mass is 10.1. The average molecular weight is 285 g/mol. The molecule has 0 spiro atoms. The molecule has 5 heteroatoms. The number of halogens is 1. The maximum absolute atomic E-state index is 11.5. The monoisotopic (exact) mass is 284 g/mol. The smallest absolute Gasteiger partial charge is 0.258 e. The van der Waals surface area contributed by atoms with Crippen LogP contribution in [0.15, 0.2) is 18.2 Å². The van der Waals surface area contributed by atoms with Crippen LogP contribution in [0, 0.1) is 0 Å². The van der Waals surface area contributed by atoms with Crippen LogP contribution in [0.3, 0.4) is 0 Å². The van der Waals surface area contributed by atoms with Crippen molar-refractivity contribution < 1.29 is 9.53 Å². The van der Waals surface area contributed by atoms with Crippen molar-refractivity contribution in [2.45, 2.75) is 39.3 Å². The Bertz CT molecular complexity index is 433. The number of hydrogen-bond donors (Lipinski definition) is 2. The topological polar surface area (TPSA) is 64.3 Å². The molecule has 0 aliphatic carbocycles. The molecular weight excluding hydrogens is 264 g/mol. The Labute approximate surface area is 119 Å². The van der Waals surface area contributed by atoms with Crippen molar-refractivity contribution >= 4 is 17.5 Å². The zero-order chi connectivity index (χ0) is 14.4. The lowest BCUT2D eigenvalue weighted by molar-refractivity contribution is -0.123. The maximum Gasteiger partial charge on any atom is 0.258 e. The predicted molar refractivity (Wildman–Crippen MR) is 77.6 cm³/mol. The lowest BCUT2D eigenvalue weighted by Crippen LogP contribution is -2.34. The third-order valence-corrected chi connectivity index (χ3v) is 2.61. The summed E-state index contributed by atoms with van der Waals surface area (Å²) in [5.41, 5.74) is 6.70. The van der Waals surface area contributed by atoms with Crippen LogP contribution in [-0.4, -0.2) is 24.6 Å². The van der Waals surface area contributed by atoms with Gasteiger partial charge in [-0.05, 0) is 51.0 Å². The molecule has 1 amide bonds. The van der Waals surface area contributed by atoms with Crippen molar-refractivity contribution in [3.63, 3.8) is 0 Å². The molecule has 1 atom stereocenters. The molecule has 106 valence electrons. The van der Waals surface area contributed by atoms with Gasteiger partial charge in [0.05, 0.1) is 0 Å².